The van der Waals surface area contributed by atoms with Crippen LogP contribution in [0.15, 0.2) is 42.7 Å². The number of sulfonamides is 1. The van der Waals surface area contributed by atoms with Crippen LogP contribution in [0.25, 0.3) is 0 Å². The van der Waals surface area contributed by atoms with E-state index >= 15 is 0 Å². The molecule has 0 saturated heterocycles. The molecule has 2 rings (SSSR count). The first-order chi connectivity index (χ1) is 9.46. The molecule has 0 aliphatic heterocycles. The summed E-state index contributed by atoms with van der Waals surface area (Å²) in [6, 6.07) is 8.83. The zero-order chi connectivity index (χ0) is 14.6. The summed E-state index contributed by atoms with van der Waals surface area (Å²) in [6.45, 7) is 1.90. The monoisotopic (exact) mass is 291 g/mol. The van der Waals surface area contributed by atoms with Crippen molar-refractivity contribution in [2.75, 3.05) is 16.2 Å². The lowest BCUT2D eigenvalue weighted by molar-refractivity contribution is 0.600. The fourth-order valence-electron chi connectivity index (χ4n) is 1.80. The molecule has 0 amide bonds. The second-order valence-electron chi connectivity index (χ2n) is 4.62. The van der Waals surface area contributed by atoms with Gasteiger partial charge in [-0.3, -0.25) is 9.71 Å². The third kappa shape index (κ3) is 3.96. The van der Waals surface area contributed by atoms with Gasteiger partial charge < -0.3 is 5.73 Å². The minimum absolute atomic E-state index is 0.00430. The molecule has 20 heavy (non-hydrogen) atoms. The van der Waals surface area contributed by atoms with Crippen LogP contribution in [-0.4, -0.2) is 19.2 Å². The van der Waals surface area contributed by atoms with Crippen LogP contribution in [0.4, 0.5) is 11.4 Å². The third-order valence-corrected chi connectivity index (χ3v) is 4.15. The van der Waals surface area contributed by atoms with Crippen molar-refractivity contribution in [2.45, 2.75) is 13.3 Å². The molecule has 0 spiro atoms. The largest absolute Gasteiger partial charge is 0.397 e. The number of rotatable bonds is 5. The number of hydrogen-bond donors (Lipinski definition) is 2. The molecule has 0 radical (unpaired) electrons. The molecule has 2 aromatic rings. The van der Waals surface area contributed by atoms with E-state index in [1.807, 2.05) is 13.0 Å². The summed E-state index contributed by atoms with van der Waals surface area (Å²) >= 11 is 0. The first-order valence-corrected chi connectivity index (χ1v) is 7.87. The van der Waals surface area contributed by atoms with Crippen LogP contribution in [0.5, 0.6) is 0 Å². The highest BCUT2D eigenvalue weighted by Gasteiger charge is 2.12. The maximum Gasteiger partial charge on any atom is 0.233 e. The maximum absolute atomic E-state index is 12.0. The molecule has 0 atom stereocenters. The van der Waals surface area contributed by atoms with Crippen molar-refractivity contribution in [1.82, 2.24) is 4.98 Å². The number of hydrogen-bond acceptors (Lipinski definition) is 4. The Morgan fingerprint density at radius 1 is 1.20 bits per heavy atom. The van der Waals surface area contributed by atoms with Crippen LogP contribution in [-0.2, 0) is 16.4 Å². The van der Waals surface area contributed by atoms with Crippen molar-refractivity contribution >= 4 is 21.4 Å². The molecule has 0 fully saturated rings. The van der Waals surface area contributed by atoms with Crippen LogP contribution in [0.2, 0.25) is 0 Å². The van der Waals surface area contributed by atoms with Crippen LogP contribution in [0, 0.1) is 6.92 Å². The second kappa shape index (κ2) is 5.92. The third-order valence-electron chi connectivity index (χ3n) is 2.88. The van der Waals surface area contributed by atoms with Gasteiger partial charge in [0.05, 0.1) is 17.1 Å². The minimum Gasteiger partial charge on any atom is -0.397 e. The Hall–Kier alpha value is -2.08. The fraction of sp³-hybridized carbons (Fsp3) is 0.214. The van der Waals surface area contributed by atoms with E-state index in [-0.39, 0.29) is 5.75 Å². The summed E-state index contributed by atoms with van der Waals surface area (Å²) in [5.74, 6) is 0.00430. The molecule has 1 heterocycles. The van der Waals surface area contributed by atoms with E-state index in [4.69, 9.17) is 5.73 Å². The Bertz CT molecular complexity index is 685. The number of nitrogen functional groups attached to an aromatic ring is 1. The van der Waals surface area contributed by atoms with Gasteiger partial charge >= 0.3 is 0 Å². The standard InChI is InChI=1S/C14H17N3O2S/c1-11-2-3-14(13(15)10-11)17-20(18,19)9-6-12-4-7-16-8-5-12/h2-5,7-8,10,17H,6,9,15H2,1H3. The number of pyridine rings is 1. The Balaban J connectivity index is 2.04. The maximum atomic E-state index is 12.0. The van der Waals surface area contributed by atoms with Gasteiger partial charge in [-0.25, -0.2) is 8.42 Å². The van der Waals surface area contributed by atoms with E-state index in [9.17, 15) is 8.42 Å². The Morgan fingerprint density at radius 2 is 1.90 bits per heavy atom. The lowest BCUT2D eigenvalue weighted by Crippen LogP contribution is -2.19. The van der Waals surface area contributed by atoms with Crippen LogP contribution >= 0.6 is 0 Å². The van der Waals surface area contributed by atoms with E-state index in [0.29, 0.717) is 17.8 Å². The summed E-state index contributed by atoms with van der Waals surface area (Å²) < 4.78 is 26.6. The van der Waals surface area contributed by atoms with Crippen LogP contribution in [0.1, 0.15) is 11.1 Å². The number of nitrogens with two attached hydrogens (primary N) is 1. The number of nitrogens with zero attached hydrogens (tertiary/aromatic N) is 1. The summed E-state index contributed by atoms with van der Waals surface area (Å²) in [4.78, 5) is 3.90. The number of aryl methyl sites for hydroxylation is 2. The van der Waals surface area contributed by atoms with Crippen LogP contribution < -0.4 is 10.5 Å². The topological polar surface area (TPSA) is 85.1 Å². The average Bonchev–Trinajstić information content (AvgIpc) is 2.41. The Kier molecular flexibility index (Phi) is 4.24. The summed E-state index contributed by atoms with van der Waals surface area (Å²) in [5.41, 5.74) is 8.57. The molecule has 0 aliphatic rings. The zero-order valence-electron chi connectivity index (χ0n) is 11.2. The molecule has 106 valence electrons. The number of nitrogens with one attached hydrogen (secondary N) is 1. The summed E-state index contributed by atoms with van der Waals surface area (Å²) in [6.07, 6.45) is 3.73. The molecule has 6 heteroatoms. The van der Waals surface area contributed by atoms with Gasteiger partial charge in [0.25, 0.3) is 0 Å². The first kappa shape index (κ1) is 14.3. The molecular formula is C14H17N3O2S. The van der Waals surface area contributed by atoms with Gasteiger partial charge in [0.15, 0.2) is 0 Å². The Morgan fingerprint density at radius 3 is 2.55 bits per heavy atom. The smallest absolute Gasteiger partial charge is 0.233 e. The van der Waals surface area contributed by atoms with Crippen molar-refractivity contribution in [3.63, 3.8) is 0 Å². The van der Waals surface area contributed by atoms with Crippen molar-refractivity contribution in [2.24, 2.45) is 0 Å². The van der Waals surface area contributed by atoms with Gasteiger partial charge in [-0.2, -0.15) is 0 Å². The highest BCUT2D eigenvalue weighted by atomic mass is 32.2. The molecule has 5 nitrogen and oxygen atoms in total. The van der Waals surface area contributed by atoms with E-state index in [2.05, 4.69) is 9.71 Å². The molecule has 0 aliphatic carbocycles. The SMILES string of the molecule is Cc1ccc(NS(=O)(=O)CCc2ccncc2)c(N)c1. The molecule has 0 saturated carbocycles. The number of anilines is 2. The van der Waals surface area contributed by atoms with Gasteiger partial charge in [-0.15, -0.1) is 0 Å². The number of aromatic nitrogens is 1. The van der Waals surface area contributed by atoms with E-state index in [1.54, 1.807) is 36.7 Å². The van der Waals surface area contributed by atoms with Gasteiger partial charge in [-0.1, -0.05) is 6.07 Å². The van der Waals surface area contributed by atoms with E-state index < -0.39 is 10.0 Å². The lowest BCUT2D eigenvalue weighted by atomic mass is 10.2. The number of benzene rings is 1. The molecule has 0 bridgehead atoms. The first-order valence-electron chi connectivity index (χ1n) is 6.22. The van der Waals surface area contributed by atoms with Crippen molar-refractivity contribution in [3.8, 4) is 0 Å². The highest BCUT2D eigenvalue weighted by Crippen LogP contribution is 2.20. The Labute approximate surface area is 118 Å². The van der Waals surface area contributed by atoms with Gasteiger partial charge in [-0.05, 0) is 48.7 Å². The predicted octanol–water partition coefficient (Wildman–Crippen LogP) is 1.96. The minimum atomic E-state index is -3.42. The van der Waals surface area contributed by atoms with Gasteiger partial charge in [0.1, 0.15) is 0 Å². The highest BCUT2D eigenvalue weighted by molar-refractivity contribution is 7.92. The van der Waals surface area contributed by atoms with Gasteiger partial charge in [0.2, 0.25) is 10.0 Å². The van der Waals surface area contributed by atoms with E-state index in [0.717, 1.165) is 11.1 Å². The van der Waals surface area contributed by atoms with Crippen molar-refractivity contribution < 1.29 is 8.42 Å². The summed E-state index contributed by atoms with van der Waals surface area (Å²) in [7, 11) is -3.42. The van der Waals surface area contributed by atoms with Crippen molar-refractivity contribution in [1.29, 1.82) is 0 Å². The molecule has 0 unspecified atom stereocenters. The molecular weight excluding hydrogens is 274 g/mol. The van der Waals surface area contributed by atoms with E-state index in [1.165, 1.54) is 0 Å². The average molecular weight is 291 g/mol. The molecule has 3 N–H and O–H groups in total. The zero-order valence-corrected chi connectivity index (χ0v) is 12.0. The normalized spacial score (nSPS) is 11.2. The summed E-state index contributed by atoms with van der Waals surface area (Å²) in [5, 5.41) is 0. The van der Waals surface area contributed by atoms with Crippen molar-refractivity contribution in [3.05, 3.63) is 53.9 Å². The predicted molar refractivity (Wildman–Crippen MR) is 80.9 cm³/mol. The lowest BCUT2D eigenvalue weighted by Gasteiger charge is -2.10. The van der Waals surface area contributed by atoms with Gasteiger partial charge in [0, 0.05) is 12.4 Å². The van der Waals surface area contributed by atoms with Crippen LogP contribution in [0.3, 0.4) is 0 Å². The molecule has 1 aromatic carbocycles. The second-order valence-corrected chi connectivity index (χ2v) is 6.46. The fourth-order valence-corrected chi connectivity index (χ4v) is 2.92. The quantitative estimate of drug-likeness (QED) is 0.825. The molecule has 1 aromatic heterocycles.